The molecule has 0 bridgehead atoms. The summed E-state index contributed by atoms with van der Waals surface area (Å²) in [6.07, 6.45) is 1.50. The van der Waals surface area contributed by atoms with Crippen LogP contribution in [0.2, 0.25) is 0 Å². The maximum absolute atomic E-state index is 13.3. The Balaban J connectivity index is 2.16. The number of carbonyl (C=O) groups excluding carboxylic acids is 2. The van der Waals surface area contributed by atoms with Gasteiger partial charge in [0, 0.05) is 37.8 Å². The van der Waals surface area contributed by atoms with Crippen LogP contribution in [0.1, 0.15) is 30.1 Å². The monoisotopic (exact) mass is 297 g/mol. The van der Waals surface area contributed by atoms with Crippen molar-refractivity contribution in [1.29, 1.82) is 0 Å². The van der Waals surface area contributed by atoms with Crippen LogP contribution in [0.5, 0.6) is 0 Å². The van der Waals surface area contributed by atoms with Gasteiger partial charge in [-0.3, -0.25) is 9.59 Å². The van der Waals surface area contributed by atoms with Crippen LogP contribution < -0.4 is 11.1 Å². The highest BCUT2D eigenvalue weighted by molar-refractivity contribution is 5.99. The molecule has 21 heavy (non-hydrogen) atoms. The molecule has 0 radical (unpaired) electrons. The lowest BCUT2D eigenvalue weighted by molar-refractivity contribution is -0.120. The molecule has 1 atom stereocenters. The van der Waals surface area contributed by atoms with Crippen molar-refractivity contribution in [2.45, 2.75) is 25.8 Å². The number of likely N-dealkylation sites (tertiary alicyclic amines) is 1. The second-order valence-corrected chi connectivity index (χ2v) is 5.14. The first kappa shape index (κ1) is 15.2. The SMILES string of the molecule is CC(=O)NC1CCCN(C(=O)c2cc(F)c(F)cc2N)C1. The summed E-state index contributed by atoms with van der Waals surface area (Å²) in [5.74, 6) is -2.81. The molecule has 5 nitrogen and oxygen atoms in total. The highest BCUT2D eigenvalue weighted by Crippen LogP contribution is 2.21. The van der Waals surface area contributed by atoms with E-state index in [1.807, 2.05) is 0 Å². The van der Waals surface area contributed by atoms with Gasteiger partial charge in [-0.15, -0.1) is 0 Å². The summed E-state index contributed by atoms with van der Waals surface area (Å²) in [4.78, 5) is 24.9. The molecule has 114 valence electrons. The third-order valence-corrected chi connectivity index (χ3v) is 3.44. The molecule has 1 unspecified atom stereocenters. The summed E-state index contributed by atoms with van der Waals surface area (Å²) in [5, 5.41) is 2.76. The summed E-state index contributed by atoms with van der Waals surface area (Å²) in [6.45, 7) is 2.23. The Hall–Kier alpha value is -2.18. The van der Waals surface area contributed by atoms with Crippen LogP contribution in [0.4, 0.5) is 14.5 Å². The van der Waals surface area contributed by atoms with Gasteiger partial charge in [-0.2, -0.15) is 0 Å². The minimum atomic E-state index is -1.11. The molecule has 2 amide bonds. The number of nitrogens with one attached hydrogen (secondary N) is 1. The Morgan fingerprint density at radius 1 is 1.33 bits per heavy atom. The smallest absolute Gasteiger partial charge is 0.256 e. The lowest BCUT2D eigenvalue weighted by atomic mass is 10.0. The fourth-order valence-electron chi connectivity index (χ4n) is 2.48. The lowest BCUT2D eigenvalue weighted by Crippen LogP contribution is -2.49. The van der Waals surface area contributed by atoms with Gasteiger partial charge in [-0.05, 0) is 18.9 Å². The molecular formula is C14H17F2N3O2. The molecule has 0 saturated carbocycles. The van der Waals surface area contributed by atoms with E-state index in [2.05, 4.69) is 5.32 Å². The Morgan fingerprint density at radius 2 is 2.00 bits per heavy atom. The zero-order chi connectivity index (χ0) is 15.6. The number of benzene rings is 1. The summed E-state index contributed by atoms with van der Waals surface area (Å²) >= 11 is 0. The third kappa shape index (κ3) is 3.48. The van der Waals surface area contributed by atoms with Crippen LogP contribution in [0.15, 0.2) is 12.1 Å². The van der Waals surface area contributed by atoms with Crippen LogP contribution in [0.3, 0.4) is 0 Å². The van der Waals surface area contributed by atoms with Crippen molar-refractivity contribution >= 4 is 17.5 Å². The van der Waals surface area contributed by atoms with Gasteiger partial charge < -0.3 is 16.0 Å². The van der Waals surface area contributed by atoms with Gasteiger partial charge >= 0.3 is 0 Å². The van der Waals surface area contributed by atoms with Crippen molar-refractivity contribution in [3.05, 3.63) is 29.3 Å². The number of halogens is 2. The zero-order valence-corrected chi connectivity index (χ0v) is 11.7. The fourth-order valence-corrected chi connectivity index (χ4v) is 2.48. The molecule has 1 fully saturated rings. The highest BCUT2D eigenvalue weighted by Gasteiger charge is 2.26. The molecular weight excluding hydrogens is 280 g/mol. The van der Waals surface area contributed by atoms with Crippen molar-refractivity contribution in [2.75, 3.05) is 18.8 Å². The molecule has 3 N–H and O–H groups in total. The van der Waals surface area contributed by atoms with Gasteiger partial charge in [0.25, 0.3) is 5.91 Å². The highest BCUT2D eigenvalue weighted by atomic mass is 19.2. The van der Waals surface area contributed by atoms with Gasteiger partial charge in [-0.25, -0.2) is 8.78 Å². The summed E-state index contributed by atoms with van der Waals surface area (Å²) in [6, 6.07) is 1.49. The number of piperidine rings is 1. The first-order valence-electron chi connectivity index (χ1n) is 6.69. The minimum Gasteiger partial charge on any atom is -0.398 e. The lowest BCUT2D eigenvalue weighted by Gasteiger charge is -2.33. The van der Waals surface area contributed by atoms with Crippen LogP contribution >= 0.6 is 0 Å². The van der Waals surface area contributed by atoms with E-state index < -0.39 is 17.5 Å². The van der Waals surface area contributed by atoms with Gasteiger partial charge in [0.2, 0.25) is 5.91 Å². The number of amides is 2. The summed E-state index contributed by atoms with van der Waals surface area (Å²) in [5.41, 5.74) is 5.43. The Kier molecular flexibility index (Phi) is 4.40. The van der Waals surface area contributed by atoms with Crippen molar-refractivity contribution in [3.8, 4) is 0 Å². The van der Waals surface area contributed by atoms with Crippen LogP contribution in [-0.4, -0.2) is 35.8 Å². The number of rotatable bonds is 2. The fraction of sp³-hybridized carbons (Fsp3) is 0.429. The van der Waals surface area contributed by atoms with E-state index in [1.54, 1.807) is 0 Å². The van der Waals surface area contributed by atoms with Crippen molar-refractivity contribution < 1.29 is 18.4 Å². The summed E-state index contributed by atoms with van der Waals surface area (Å²) < 4.78 is 26.3. The molecule has 1 aliphatic rings. The van der Waals surface area contributed by atoms with E-state index in [9.17, 15) is 18.4 Å². The van der Waals surface area contributed by atoms with Gasteiger partial charge in [-0.1, -0.05) is 0 Å². The second kappa shape index (κ2) is 6.07. The molecule has 0 spiro atoms. The standard InChI is InChI=1S/C14H17F2N3O2/c1-8(20)18-9-3-2-4-19(7-9)14(21)10-5-11(15)12(16)6-13(10)17/h5-6,9H,2-4,7,17H2,1H3,(H,18,20). The third-order valence-electron chi connectivity index (χ3n) is 3.44. The largest absolute Gasteiger partial charge is 0.398 e. The zero-order valence-electron chi connectivity index (χ0n) is 11.7. The molecule has 1 aromatic carbocycles. The normalized spacial score (nSPS) is 18.4. The Bertz CT molecular complexity index is 578. The van der Waals surface area contributed by atoms with Gasteiger partial charge in [0.15, 0.2) is 11.6 Å². The van der Waals surface area contributed by atoms with Gasteiger partial charge in [0.1, 0.15) is 0 Å². The van der Waals surface area contributed by atoms with Crippen molar-refractivity contribution in [1.82, 2.24) is 10.2 Å². The van der Waals surface area contributed by atoms with E-state index in [1.165, 1.54) is 11.8 Å². The average Bonchev–Trinajstić information content (AvgIpc) is 2.41. The molecule has 1 aromatic rings. The Morgan fingerprint density at radius 3 is 2.67 bits per heavy atom. The minimum absolute atomic E-state index is 0.0580. The van der Waals surface area contributed by atoms with Crippen molar-refractivity contribution in [3.63, 3.8) is 0 Å². The predicted octanol–water partition coefficient (Wildman–Crippen LogP) is 1.29. The second-order valence-electron chi connectivity index (χ2n) is 5.14. The predicted molar refractivity (Wildman–Crippen MR) is 73.5 cm³/mol. The van der Waals surface area contributed by atoms with Crippen LogP contribution in [0, 0.1) is 11.6 Å². The van der Waals surface area contributed by atoms with E-state index in [-0.39, 0.29) is 23.2 Å². The van der Waals surface area contributed by atoms with Crippen LogP contribution in [-0.2, 0) is 4.79 Å². The van der Waals surface area contributed by atoms with Crippen molar-refractivity contribution in [2.24, 2.45) is 0 Å². The van der Waals surface area contributed by atoms with Gasteiger partial charge in [0.05, 0.1) is 5.56 Å². The quantitative estimate of drug-likeness (QED) is 0.808. The number of nitrogen functional groups attached to an aromatic ring is 1. The van der Waals surface area contributed by atoms with E-state index >= 15 is 0 Å². The molecule has 7 heteroatoms. The maximum atomic E-state index is 13.3. The topological polar surface area (TPSA) is 75.4 Å². The average molecular weight is 297 g/mol. The molecule has 1 aliphatic heterocycles. The number of nitrogens with two attached hydrogens (primary N) is 1. The first-order valence-corrected chi connectivity index (χ1v) is 6.69. The first-order chi connectivity index (χ1) is 9.88. The maximum Gasteiger partial charge on any atom is 0.256 e. The molecule has 0 aromatic heterocycles. The van der Waals surface area contributed by atoms with Crippen LogP contribution in [0.25, 0.3) is 0 Å². The molecule has 2 rings (SSSR count). The molecule has 1 heterocycles. The van der Waals surface area contributed by atoms with E-state index in [4.69, 9.17) is 5.73 Å². The number of carbonyl (C=O) groups is 2. The Labute approximate surface area is 121 Å². The molecule has 1 saturated heterocycles. The number of hydrogen-bond donors (Lipinski definition) is 2. The van der Waals surface area contributed by atoms with E-state index in [0.717, 1.165) is 25.0 Å². The number of hydrogen-bond acceptors (Lipinski definition) is 3. The number of nitrogens with zero attached hydrogens (tertiary/aromatic N) is 1. The number of anilines is 1. The summed E-state index contributed by atoms with van der Waals surface area (Å²) in [7, 11) is 0. The van der Waals surface area contributed by atoms with E-state index in [0.29, 0.717) is 13.1 Å². The molecule has 0 aliphatic carbocycles.